The number of nitro benzene ring substituents is 1. The summed E-state index contributed by atoms with van der Waals surface area (Å²) in [7, 11) is 0. The van der Waals surface area contributed by atoms with Crippen molar-refractivity contribution in [3.05, 3.63) is 69.8 Å². The number of nitrogens with zero attached hydrogens (tertiary/aromatic N) is 1. The van der Waals surface area contributed by atoms with E-state index in [2.05, 4.69) is 10.6 Å². The molecular weight excluding hydrogens is 408 g/mol. The van der Waals surface area contributed by atoms with Crippen LogP contribution in [0.4, 0.5) is 14.5 Å². The zero-order valence-electron chi connectivity index (χ0n) is 15.3. The third-order valence-electron chi connectivity index (χ3n) is 4.62. The lowest BCUT2D eigenvalue weighted by Crippen LogP contribution is -2.51. The third kappa shape index (κ3) is 5.61. The molecule has 1 fully saturated rings. The Morgan fingerprint density at radius 2 is 2.00 bits per heavy atom. The SMILES string of the molecule is Cl.O=C(COc1ccccc1[N+](=O)[O-])NC1CNCCC1c1ccc(F)c(F)c1. The molecule has 2 atom stereocenters. The largest absolute Gasteiger partial charge is 0.477 e. The maximum absolute atomic E-state index is 13.6. The standard InChI is InChI=1S/C19H19F2N3O4.ClH/c20-14-6-5-12(9-15(14)21)13-7-8-22-10-16(13)23-19(25)11-28-18-4-2-1-3-17(18)24(26)27;/h1-6,9,13,16,22H,7-8,10-11H2,(H,23,25);1H. The van der Waals surface area contributed by atoms with Crippen molar-refractivity contribution < 1.29 is 23.2 Å². The first-order valence-corrected chi connectivity index (χ1v) is 8.77. The highest BCUT2D eigenvalue weighted by Gasteiger charge is 2.28. The predicted molar refractivity (Wildman–Crippen MR) is 104 cm³/mol. The number of para-hydroxylation sites is 2. The van der Waals surface area contributed by atoms with Crippen LogP contribution in [0, 0.1) is 21.7 Å². The van der Waals surface area contributed by atoms with Crippen LogP contribution in [0.15, 0.2) is 42.5 Å². The van der Waals surface area contributed by atoms with E-state index in [4.69, 9.17) is 4.74 Å². The fraction of sp³-hybridized carbons (Fsp3) is 0.316. The number of hydrogen-bond acceptors (Lipinski definition) is 5. The Kier molecular flexibility index (Phi) is 7.86. The maximum Gasteiger partial charge on any atom is 0.310 e. The zero-order valence-corrected chi connectivity index (χ0v) is 16.1. The van der Waals surface area contributed by atoms with Gasteiger partial charge in [-0.25, -0.2) is 8.78 Å². The van der Waals surface area contributed by atoms with Crippen LogP contribution in [-0.4, -0.2) is 36.6 Å². The Morgan fingerprint density at radius 1 is 1.24 bits per heavy atom. The minimum atomic E-state index is -0.930. The molecule has 1 aliphatic heterocycles. The number of ether oxygens (including phenoxy) is 1. The number of piperidine rings is 1. The number of hydrogen-bond donors (Lipinski definition) is 2. The minimum absolute atomic E-state index is 0. The number of nitro groups is 1. The lowest BCUT2D eigenvalue weighted by Gasteiger charge is -2.33. The molecule has 1 saturated heterocycles. The average Bonchev–Trinajstić information content (AvgIpc) is 2.69. The van der Waals surface area contributed by atoms with Gasteiger partial charge in [-0.05, 0) is 36.7 Å². The predicted octanol–water partition coefficient (Wildman–Crippen LogP) is 2.94. The van der Waals surface area contributed by atoms with Gasteiger partial charge in [-0.15, -0.1) is 12.4 Å². The van der Waals surface area contributed by atoms with Gasteiger partial charge in [0.25, 0.3) is 5.91 Å². The Bertz CT molecular complexity index is 884. The molecule has 7 nitrogen and oxygen atoms in total. The van der Waals surface area contributed by atoms with E-state index in [1.54, 1.807) is 6.07 Å². The fourth-order valence-electron chi connectivity index (χ4n) is 3.27. The Labute approximate surface area is 172 Å². The fourth-order valence-corrected chi connectivity index (χ4v) is 3.27. The van der Waals surface area contributed by atoms with Gasteiger partial charge in [-0.2, -0.15) is 0 Å². The van der Waals surface area contributed by atoms with Gasteiger partial charge in [0.15, 0.2) is 24.0 Å². The van der Waals surface area contributed by atoms with Crippen LogP contribution in [0.3, 0.4) is 0 Å². The molecule has 0 saturated carbocycles. The summed E-state index contributed by atoms with van der Waals surface area (Å²) in [6.07, 6.45) is 0.640. The number of amides is 1. The maximum atomic E-state index is 13.6. The molecular formula is C19H20ClF2N3O4. The molecule has 1 aliphatic rings. The quantitative estimate of drug-likeness (QED) is 0.546. The smallest absolute Gasteiger partial charge is 0.310 e. The summed E-state index contributed by atoms with van der Waals surface area (Å²) in [6.45, 7) is 0.746. The van der Waals surface area contributed by atoms with Crippen molar-refractivity contribution >= 4 is 24.0 Å². The number of halogens is 3. The molecule has 0 spiro atoms. The van der Waals surface area contributed by atoms with Crippen molar-refractivity contribution in [2.45, 2.75) is 18.4 Å². The molecule has 3 rings (SSSR count). The van der Waals surface area contributed by atoms with E-state index in [-0.39, 0.29) is 35.8 Å². The second-order valence-corrected chi connectivity index (χ2v) is 6.46. The van der Waals surface area contributed by atoms with Crippen molar-refractivity contribution in [1.29, 1.82) is 0 Å². The molecule has 0 bridgehead atoms. The molecule has 2 aromatic rings. The summed E-state index contributed by atoms with van der Waals surface area (Å²) in [4.78, 5) is 22.7. The van der Waals surface area contributed by atoms with Crippen LogP contribution in [0.5, 0.6) is 5.75 Å². The van der Waals surface area contributed by atoms with Gasteiger partial charge in [0.1, 0.15) is 0 Å². The first kappa shape index (κ1) is 22.5. The summed E-state index contributed by atoms with van der Waals surface area (Å²) in [5.74, 6) is -2.50. The molecule has 0 radical (unpaired) electrons. The van der Waals surface area contributed by atoms with Crippen LogP contribution in [0.2, 0.25) is 0 Å². The van der Waals surface area contributed by atoms with Crippen LogP contribution >= 0.6 is 12.4 Å². The number of carbonyl (C=O) groups is 1. The van der Waals surface area contributed by atoms with E-state index in [0.29, 0.717) is 25.1 Å². The first-order valence-electron chi connectivity index (χ1n) is 8.77. The molecule has 1 amide bonds. The summed E-state index contributed by atoms with van der Waals surface area (Å²) < 4.78 is 32.1. The van der Waals surface area contributed by atoms with Gasteiger partial charge in [0.05, 0.1) is 4.92 Å². The molecule has 1 heterocycles. The molecule has 2 N–H and O–H groups in total. The molecule has 0 aliphatic carbocycles. The number of rotatable bonds is 6. The molecule has 29 heavy (non-hydrogen) atoms. The summed E-state index contributed by atoms with van der Waals surface area (Å²) >= 11 is 0. The summed E-state index contributed by atoms with van der Waals surface area (Å²) in [5.41, 5.74) is 0.375. The van der Waals surface area contributed by atoms with Crippen molar-refractivity contribution in [2.24, 2.45) is 0 Å². The highest BCUT2D eigenvalue weighted by atomic mass is 35.5. The second kappa shape index (κ2) is 10.1. The monoisotopic (exact) mass is 427 g/mol. The Hall–Kier alpha value is -2.78. The van der Waals surface area contributed by atoms with Crippen molar-refractivity contribution in [3.63, 3.8) is 0 Å². The molecule has 2 aromatic carbocycles. The zero-order chi connectivity index (χ0) is 20.1. The lowest BCUT2D eigenvalue weighted by atomic mass is 9.86. The van der Waals surface area contributed by atoms with Crippen molar-refractivity contribution in [1.82, 2.24) is 10.6 Å². The van der Waals surface area contributed by atoms with Crippen LogP contribution in [0.25, 0.3) is 0 Å². The van der Waals surface area contributed by atoms with Gasteiger partial charge < -0.3 is 15.4 Å². The van der Waals surface area contributed by atoms with E-state index in [1.165, 1.54) is 24.3 Å². The van der Waals surface area contributed by atoms with Gasteiger partial charge in [-0.1, -0.05) is 18.2 Å². The third-order valence-corrected chi connectivity index (χ3v) is 4.62. The van der Waals surface area contributed by atoms with Crippen LogP contribution in [-0.2, 0) is 4.79 Å². The molecule has 2 unspecified atom stereocenters. The number of nitrogens with one attached hydrogen (secondary N) is 2. The van der Waals surface area contributed by atoms with Crippen LogP contribution in [0.1, 0.15) is 17.9 Å². The number of benzene rings is 2. The van der Waals surface area contributed by atoms with Gasteiger partial charge >= 0.3 is 5.69 Å². The summed E-state index contributed by atoms with van der Waals surface area (Å²) in [6, 6.07) is 9.17. The van der Waals surface area contributed by atoms with E-state index < -0.39 is 29.1 Å². The van der Waals surface area contributed by atoms with E-state index >= 15 is 0 Å². The van der Waals surface area contributed by atoms with Crippen LogP contribution < -0.4 is 15.4 Å². The lowest BCUT2D eigenvalue weighted by molar-refractivity contribution is -0.385. The van der Waals surface area contributed by atoms with E-state index in [9.17, 15) is 23.7 Å². The minimum Gasteiger partial charge on any atom is -0.477 e. The average molecular weight is 428 g/mol. The van der Waals surface area contributed by atoms with Crippen molar-refractivity contribution in [2.75, 3.05) is 19.7 Å². The highest BCUT2D eigenvalue weighted by Crippen LogP contribution is 2.28. The van der Waals surface area contributed by atoms with Crippen molar-refractivity contribution in [3.8, 4) is 5.75 Å². The Balaban J connectivity index is 0.00000300. The van der Waals surface area contributed by atoms with E-state index in [0.717, 1.165) is 12.1 Å². The van der Waals surface area contributed by atoms with Gasteiger partial charge in [0.2, 0.25) is 0 Å². The molecule has 10 heteroatoms. The van der Waals surface area contributed by atoms with E-state index in [1.807, 2.05) is 0 Å². The van der Waals surface area contributed by atoms with Gasteiger partial charge in [-0.3, -0.25) is 14.9 Å². The number of carbonyl (C=O) groups excluding carboxylic acids is 1. The normalized spacial score (nSPS) is 18.4. The first-order chi connectivity index (χ1) is 13.5. The Morgan fingerprint density at radius 3 is 2.72 bits per heavy atom. The summed E-state index contributed by atoms with van der Waals surface area (Å²) in [5, 5.41) is 17.0. The second-order valence-electron chi connectivity index (χ2n) is 6.46. The van der Waals surface area contributed by atoms with Gasteiger partial charge in [0, 0.05) is 24.6 Å². The molecule has 156 valence electrons. The molecule has 0 aromatic heterocycles. The topological polar surface area (TPSA) is 93.5 Å². The highest BCUT2D eigenvalue weighted by molar-refractivity contribution is 5.85.